The lowest BCUT2D eigenvalue weighted by atomic mass is 10.1. The molecule has 0 saturated carbocycles. The standard InChI is InChI=1S/C19H15F3N4O4S/c1-29-15-9-12(11-26-8-2-7-23-26)10-16-17(15)18(24-30-16)25-31(27,28)14-5-3-13(4-6-14)19(20,21)22/h2-10H,11H2,1H3,(H,24,25). The number of hydrogen-bond donors (Lipinski definition) is 1. The number of methoxy groups -OCH3 is 1. The Morgan fingerprint density at radius 1 is 1.19 bits per heavy atom. The molecule has 2 aromatic heterocycles. The molecular formula is C19H15F3N4O4S. The molecule has 2 heterocycles. The van der Waals surface area contributed by atoms with Crippen LogP contribution >= 0.6 is 0 Å². The van der Waals surface area contributed by atoms with Crippen LogP contribution in [0.3, 0.4) is 0 Å². The van der Waals surface area contributed by atoms with Crippen molar-refractivity contribution < 1.29 is 30.8 Å². The number of benzene rings is 2. The first-order chi connectivity index (χ1) is 14.7. The van der Waals surface area contributed by atoms with Gasteiger partial charge in [-0.15, -0.1) is 0 Å². The highest BCUT2D eigenvalue weighted by atomic mass is 32.2. The summed E-state index contributed by atoms with van der Waals surface area (Å²) in [5.41, 5.74) is 0.0951. The van der Waals surface area contributed by atoms with Crippen LogP contribution in [0.25, 0.3) is 11.0 Å². The second-order valence-corrected chi connectivity index (χ2v) is 8.22. The lowest BCUT2D eigenvalue weighted by Crippen LogP contribution is -2.14. The lowest BCUT2D eigenvalue weighted by Gasteiger charge is -2.10. The summed E-state index contributed by atoms with van der Waals surface area (Å²) in [6, 6.07) is 8.26. The number of hydrogen-bond acceptors (Lipinski definition) is 6. The fourth-order valence-corrected chi connectivity index (χ4v) is 4.01. The van der Waals surface area contributed by atoms with E-state index in [0.717, 1.165) is 17.7 Å². The molecule has 0 amide bonds. The van der Waals surface area contributed by atoms with Crippen molar-refractivity contribution in [3.8, 4) is 5.75 Å². The molecule has 0 aliphatic heterocycles. The molecule has 12 heteroatoms. The molecule has 31 heavy (non-hydrogen) atoms. The van der Waals surface area contributed by atoms with Crippen molar-refractivity contribution in [3.63, 3.8) is 0 Å². The van der Waals surface area contributed by atoms with Crippen LogP contribution in [0.1, 0.15) is 11.1 Å². The van der Waals surface area contributed by atoms with Gasteiger partial charge in [-0.1, -0.05) is 5.16 Å². The summed E-state index contributed by atoms with van der Waals surface area (Å²) in [5, 5.41) is 8.16. The van der Waals surface area contributed by atoms with Crippen molar-refractivity contribution in [3.05, 3.63) is 66.0 Å². The van der Waals surface area contributed by atoms with Gasteiger partial charge in [0.25, 0.3) is 10.0 Å². The maximum absolute atomic E-state index is 12.7. The van der Waals surface area contributed by atoms with Gasteiger partial charge < -0.3 is 9.26 Å². The van der Waals surface area contributed by atoms with Gasteiger partial charge in [-0.2, -0.15) is 18.3 Å². The van der Waals surface area contributed by atoms with Crippen LogP contribution in [0.2, 0.25) is 0 Å². The third-order valence-electron chi connectivity index (χ3n) is 4.44. The Morgan fingerprint density at radius 3 is 2.55 bits per heavy atom. The zero-order valence-electron chi connectivity index (χ0n) is 15.9. The van der Waals surface area contributed by atoms with Gasteiger partial charge in [0.1, 0.15) is 11.1 Å². The fraction of sp³-hybridized carbons (Fsp3) is 0.158. The summed E-state index contributed by atoms with van der Waals surface area (Å²) < 4.78 is 78.0. The lowest BCUT2D eigenvalue weighted by molar-refractivity contribution is -0.137. The summed E-state index contributed by atoms with van der Waals surface area (Å²) in [7, 11) is -2.81. The largest absolute Gasteiger partial charge is 0.496 e. The van der Waals surface area contributed by atoms with Crippen LogP contribution < -0.4 is 9.46 Å². The predicted molar refractivity (Wildman–Crippen MR) is 104 cm³/mol. The van der Waals surface area contributed by atoms with Crippen molar-refractivity contribution in [1.29, 1.82) is 0 Å². The number of halogens is 3. The third-order valence-corrected chi connectivity index (χ3v) is 5.80. The number of fused-ring (bicyclic) bond motifs is 1. The Hall–Kier alpha value is -3.54. The van der Waals surface area contributed by atoms with E-state index in [0.29, 0.717) is 24.4 Å². The van der Waals surface area contributed by atoms with Gasteiger partial charge in [-0.3, -0.25) is 9.40 Å². The van der Waals surface area contributed by atoms with E-state index in [4.69, 9.17) is 9.26 Å². The number of nitrogens with zero attached hydrogens (tertiary/aromatic N) is 3. The molecule has 162 valence electrons. The molecule has 0 bridgehead atoms. The number of nitrogens with one attached hydrogen (secondary N) is 1. The van der Waals surface area contributed by atoms with Gasteiger partial charge in [0, 0.05) is 12.4 Å². The minimum atomic E-state index is -4.57. The molecule has 0 radical (unpaired) electrons. The molecule has 8 nitrogen and oxygen atoms in total. The maximum Gasteiger partial charge on any atom is 0.416 e. The monoisotopic (exact) mass is 452 g/mol. The molecule has 0 unspecified atom stereocenters. The average Bonchev–Trinajstić information content (AvgIpc) is 3.37. The third kappa shape index (κ3) is 4.19. The van der Waals surface area contributed by atoms with E-state index in [9.17, 15) is 21.6 Å². The molecule has 4 rings (SSSR count). The first-order valence-electron chi connectivity index (χ1n) is 8.81. The van der Waals surface area contributed by atoms with Crippen molar-refractivity contribution in [2.45, 2.75) is 17.6 Å². The Morgan fingerprint density at radius 2 is 1.94 bits per heavy atom. The van der Waals surface area contributed by atoms with Gasteiger partial charge in [0.15, 0.2) is 11.4 Å². The van der Waals surface area contributed by atoms with Gasteiger partial charge in [0.2, 0.25) is 0 Å². The van der Waals surface area contributed by atoms with E-state index < -0.39 is 21.8 Å². The van der Waals surface area contributed by atoms with E-state index >= 15 is 0 Å². The minimum absolute atomic E-state index is 0.141. The Labute approximate surface area is 174 Å². The van der Waals surface area contributed by atoms with Crippen LogP contribution in [-0.4, -0.2) is 30.5 Å². The van der Waals surface area contributed by atoms with E-state index in [1.807, 2.05) is 0 Å². The summed E-state index contributed by atoms with van der Waals surface area (Å²) in [4.78, 5) is -0.356. The zero-order chi connectivity index (χ0) is 22.2. The number of rotatable bonds is 6. The van der Waals surface area contributed by atoms with E-state index in [-0.39, 0.29) is 21.7 Å². The van der Waals surface area contributed by atoms with Crippen molar-refractivity contribution in [1.82, 2.24) is 14.9 Å². The topological polar surface area (TPSA) is 99.2 Å². The first kappa shape index (κ1) is 20.7. The normalized spacial score (nSPS) is 12.3. The molecule has 0 atom stereocenters. The van der Waals surface area contributed by atoms with Gasteiger partial charge in [-0.25, -0.2) is 8.42 Å². The van der Waals surface area contributed by atoms with Crippen LogP contribution in [0.4, 0.5) is 19.0 Å². The summed E-state index contributed by atoms with van der Waals surface area (Å²) >= 11 is 0. The second kappa shape index (κ2) is 7.61. The molecule has 0 aliphatic rings. The molecule has 0 fully saturated rings. The molecule has 1 N–H and O–H groups in total. The highest BCUT2D eigenvalue weighted by Crippen LogP contribution is 2.35. The smallest absolute Gasteiger partial charge is 0.416 e. The van der Waals surface area contributed by atoms with Crippen LogP contribution in [0.5, 0.6) is 5.75 Å². The SMILES string of the molecule is COc1cc(Cn2cccn2)cc2onc(NS(=O)(=O)c3ccc(C(F)(F)F)cc3)c12. The minimum Gasteiger partial charge on any atom is -0.496 e. The number of sulfonamides is 1. The number of alkyl halides is 3. The van der Waals surface area contributed by atoms with Gasteiger partial charge in [0.05, 0.1) is 24.1 Å². The van der Waals surface area contributed by atoms with E-state index in [1.165, 1.54) is 7.11 Å². The summed E-state index contributed by atoms with van der Waals surface area (Å²) in [6.45, 7) is 0.423. The molecule has 2 aromatic carbocycles. The molecular weight excluding hydrogens is 437 g/mol. The molecule has 4 aromatic rings. The maximum atomic E-state index is 12.7. The second-order valence-electron chi connectivity index (χ2n) is 6.53. The summed E-state index contributed by atoms with van der Waals surface area (Å²) in [5.74, 6) is 0.170. The van der Waals surface area contributed by atoms with Crippen LogP contribution in [-0.2, 0) is 22.7 Å². The molecule has 0 aliphatic carbocycles. The molecule has 0 saturated heterocycles. The number of ether oxygens (including phenoxy) is 1. The van der Waals surface area contributed by atoms with E-state index in [1.54, 1.807) is 35.3 Å². The first-order valence-corrected chi connectivity index (χ1v) is 10.3. The van der Waals surface area contributed by atoms with Gasteiger partial charge in [-0.05, 0) is 48.0 Å². The van der Waals surface area contributed by atoms with Crippen LogP contribution in [0, 0.1) is 0 Å². The van der Waals surface area contributed by atoms with Crippen molar-refractivity contribution in [2.24, 2.45) is 0 Å². The predicted octanol–water partition coefficient (Wildman–Crippen LogP) is 3.90. The highest BCUT2D eigenvalue weighted by Gasteiger charge is 2.31. The average molecular weight is 452 g/mol. The van der Waals surface area contributed by atoms with E-state index in [2.05, 4.69) is 15.0 Å². The van der Waals surface area contributed by atoms with Gasteiger partial charge >= 0.3 is 6.18 Å². The highest BCUT2D eigenvalue weighted by molar-refractivity contribution is 7.92. The summed E-state index contributed by atoms with van der Waals surface area (Å²) in [6.07, 6.45) is -1.15. The van der Waals surface area contributed by atoms with Crippen molar-refractivity contribution in [2.75, 3.05) is 11.8 Å². The Balaban J connectivity index is 1.66. The van der Waals surface area contributed by atoms with Crippen LogP contribution in [0.15, 0.2) is 64.3 Å². The molecule has 0 spiro atoms. The Kier molecular flexibility index (Phi) is 5.09. The number of aromatic nitrogens is 3. The fourth-order valence-electron chi connectivity index (χ4n) is 3.00. The quantitative estimate of drug-likeness (QED) is 0.476. The zero-order valence-corrected chi connectivity index (χ0v) is 16.7. The Bertz CT molecular complexity index is 1310. The number of anilines is 1. The van der Waals surface area contributed by atoms with Crippen molar-refractivity contribution >= 4 is 26.8 Å².